The second-order valence-corrected chi connectivity index (χ2v) is 8.10. The molecule has 1 aliphatic heterocycles. The van der Waals surface area contributed by atoms with E-state index in [9.17, 15) is 18.8 Å². The number of carbonyl (C=O) groups is 3. The van der Waals surface area contributed by atoms with E-state index in [1.165, 1.54) is 29.2 Å². The zero-order valence-electron chi connectivity index (χ0n) is 16.7. The third-order valence-electron chi connectivity index (χ3n) is 4.97. The third-order valence-corrected chi connectivity index (χ3v) is 5.81. The molecule has 0 aliphatic carbocycles. The lowest BCUT2D eigenvalue weighted by Crippen LogP contribution is -2.30. The van der Waals surface area contributed by atoms with Gasteiger partial charge in [-0.05, 0) is 55.8 Å². The Hall–Kier alpha value is -3.46. The molecule has 0 bridgehead atoms. The highest BCUT2D eigenvalue weighted by molar-refractivity contribution is 7.15. The average Bonchev–Trinajstić information content (AvgIpc) is 3.30. The monoisotopic (exact) mass is 439 g/mol. The van der Waals surface area contributed by atoms with Crippen molar-refractivity contribution in [1.29, 1.82) is 0 Å². The fourth-order valence-corrected chi connectivity index (χ4v) is 4.31. The molecule has 0 radical (unpaired) electrons. The summed E-state index contributed by atoms with van der Waals surface area (Å²) in [5.41, 5.74) is 0.731. The molecule has 2 heterocycles. The molecule has 158 valence electrons. The molecule has 1 saturated heterocycles. The molecule has 0 saturated carbocycles. The maximum atomic E-state index is 13.5. The molecule has 1 amide bonds. The highest BCUT2D eigenvalue weighted by Gasteiger charge is 2.53. The predicted molar refractivity (Wildman–Crippen MR) is 112 cm³/mol. The van der Waals surface area contributed by atoms with Gasteiger partial charge in [-0.15, -0.1) is 10.2 Å². The van der Waals surface area contributed by atoms with E-state index in [0.29, 0.717) is 22.9 Å². The van der Waals surface area contributed by atoms with E-state index >= 15 is 0 Å². The molecular formula is C22H18FN3O4S. The summed E-state index contributed by atoms with van der Waals surface area (Å²) in [4.78, 5) is 40.4. The van der Waals surface area contributed by atoms with Gasteiger partial charge in [-0.3, -0.25) is 19.3 Å². The maximum absolute atomic E-state index is 13.5. The summed E-state index contributed by atoms with van der Waals surface area (Å²) in [6.45, 7) is 4.05. The number of hydrogen-bond donors (Lipinski definition) is 0. The number of Topliss-reactive ketones (excluding diaryl/α,β-unsaturated/α-hetero) is 2. The molecule has 1 aromatic heterocycles. The molecule has 1 aliphatic rings. The molecule has 2 aromatic carbocycles. The van der Waals surface area contributed by atoms with Crippen LogP contribution in [-0.4, -0.2) is 34.3 Å². The normalized spacial score (nSPS) is 18.5. The van der Waals surface area contributed by atoms with Crippen LogP contribution in [0.15, 0.2) is 48.5 Å². The van der Waals surface area contributed by atoms with E-state index in [4.69, 9.17) is 4.74 Å². The van der Waals surface area contributed by atoms with Crippen molar-refractivity contribution >= 4 is 33.9 Å². The van der Waals surface area contributed by atoms with Crippen LogP contribution in [0, 0.1) is 18.7 Å². The first-order chi connectivity index (χ1) is 14.9. The standard InChI is InChI=1S/C22H18FN3O4S/c1-3-30-16-10-6-14(7-11-16)19(27)17-18(13-4-8-15(23)9-5-13)26(21(29)20(17)28)22-25-24-12(2)31-22/h4-11,17-18H,3H2,1-2H3. The van der Waals surface area contributed by atoms with Crippen LogP contribution in [0.25, 0.3) is 0 Å². The topological polar surface area (TPSA) is 89.5 Å². The minimum atomic E-state index is -1.29. The van der Waals surface area contributed by atoms with Crippen LogP contribution in [0.3, 0.4) is 0 Å². The summed E-state index contributed by atoms with van der Waals surface area (Å²) in [7, 11) is 0. The van der Waals surface area contributed by atoms with E-state index < -0.39 is 35.3 Å². The Kier molecular flexibility index (Phi) is 5.60. The van der Waals surface area contributed by atoms with E-state index in [0.717, 1.165) is 11.3 Å². The number of rotatable bonds is 6. The molecule has 7 nitrogen and oxygen atoms in total. The number of amides is 1. The van der Waals surface area contributed by atoms with Crippen molar-refractivity contribution < 1.29 is 23.5 Å². The summed E-state index contributed by atoms with van der Waals surface area (Å²) >= 11 is 1.14. The van der Waals surface area contributed by atoms with Crippen LogP contribution in [0.4, 0.5) is 9.52 Å². The van der Waals surface area contributed by atoms with Crippen molar-refractivity contribution in [2.75, 3.05) is 11.5 Å². The molecule has 31 heavy (non-hydrogen) atoms. The Morgan fingerprint density at radius 1 is 1.10 bits per heavy atom. The van der Waals surface area contributed by atoms with Gasteiger partial charge in [0.05, 0.1) is 12.6 Å². The lowest BCUT2D eigenvalue weighted by atomic mass is 9.86. The van der Waals surface area contributed by atoms with Crippen molar-refractivity contribution in [3.63, 3.8) is 0 Å². The number of ketones is 2. The van der Waals surface area contributed by atoms with Gasteiger partial charge >= 0.3 is 0 Å². The second kappa shape index (κ2) is 8.35. The number of ether oxygens (including phenoxy) is 1. The highest BCUT2D eigenvalue weighted by atomic mass is 32.1. The lowest BCUT2D eigenvalue weighted by molar-refractivity contribution is -0.135. The van der Waals surface area contributed by atoms with E-state index in [2.05, 4.69) is 10.2 Å². The maximum Gasteiger partial charge on any atom is 0.297 e. The van der Waals surface area contributed by atoms with E-state index in [-0.39, 0.29) is 10.7 Å². The SMILES string of the molecule is CCOc1ccc(C(=O)C2C(=O)C(=O)N(c3nnc(C)s3)C2c2ccc(F)cc2)cc1. The summed E-state index contributed by atoms with van der Waals surface area (Å²) in [5.74, 6) is -3.34. The van der Waals surface area contributed by atoms with E-state index in [1.807, 2.05) is 6.92 Å². The largest absolute Gasteiger partial charge is 0.494 e. The number of hydrogen-bond acceptors (Lipinski definition) is 7. The Morgan fingerprint density at radius 2 is 1.77 bits per heavy atom. The molecule has 4 rings (SSSR count). The fourth-order valence-electron chi connectivity index (χ4n) is 3.59. The Bertz CT molecular complexity index is 1140. The zero-order chi connectivity index (χ0) is 22.1. The molecule has 1 fully saturated rings. The molecule has 2 unspecified atom stereocenters. The molecule has 0 spiro atoms. The fraction of sp³-hybridized carbons (Fsp3) is 0.227. The van der Waals surface area contributed by atoms with Crippen molar-refractivity contribution in [2.24, 2.45) is 5.92 Å². The number of aryl methyl sites for hydroxylation is 1. The van der Waals surface area contributed by atoms with Gasteiger partial charge in [0.25, 0.3) is 5.91 Å². The number of halogens is 1. The summed E-state index contributed by atoms with van der Waals surface area (Å²) in [6.07, 6.45) is 0. The van der Waals surface area contributed by atoms with Crippen LogP contribution in [-0.2, 0) is 9.59 Å². The van der Waals surface area contributed by atoms with Crippen molar-refractivity contribution in [2.45, 2.75) is 19.9 Å². The molecular weight excluding hydrogens is 421 g/mol. The van der Waals surface area contributed by atoms with Crippen LogP contribution < -0.4 is 9.64 Å². The first-order valence-corrected chi connectivity index (χ1v) is 10.4. The Balaban J connectivity index is 1.78. The van der Waals surface area contributed by atoms with Gasteiger partial charge in [0.15, 0.2) is 5.78 Å². The van der Waals surface area contributed by atoms with Crippen LogP contribution in [0.1, 0.15) is 33.9 Å². The molecule has 2 atom stereocenters. The Labute approximate surface area is 181 Å². The number of nitrogens with zero attached hydrogens (tertiary/aromatic N) is 3. The molecule has 0 N–H and O–H groups in total. The minimum Gasteiger partial charge on any atom is -0.494 e. The number of carbonyl (C=O) groups excluding carboxylic acids is 3. The van der Waals surface area contributed by atoms with E-state index in [1.54, 1.807) is 31.2 Å². The van der Waals surface area contributed by atoms with Gasteiger partial charge in [0, 0.05) is 5.56 Å². The molecule has 9 heteroatoms. The first-order valence-electron chi connectivity index (χ1n) is 9.60. The number of aromatic nitrogens is 2. The number of anilines is 1. The van der Waals surface area contributed by atoms with Gasteiger partial charge in [0.1, 0.15) is 22.5 Å². The van der Waals surface area contributed by atoms with Crippen LogP contribution in [0.5, 0.6) is 5.75 Å². The quantitative estimate of drug-likeness (QED) is 0.332. The first kappa shape index (κ1) is 20.8. The smallest absolute Gasteiger partial charge is 0.297 e. The molecule has 3 aromatic rings. The van der Waals surface area contributed by atoms with Crippen LogP contribution >= 0.6 is 11.3 Å². The second-order valence-electron chi connectivity index (χ2n) is 6.94. The predicted octanol–water partition coefficient (Wildman–Crippen LogP) is 3.54. The van der Waals surface area contributed by atoms with Gasteiger partial charge in [-0.25, -0.2) is 4.39 Å². The minimum absolute atomic E-state index is 0.215. The van der Waals surface area contributed by atoms with Gasteiger partial charge in [-0.1, -0.05) is 23.5 Å². The number of benzene rings is 2. The summed E-state index contributed by atoms with van der Waals surface area (Å²) in [6, 6.07) is 10.8. The van der Waals surface area contributed by atoms with Crippen molar-refractivity contribution in [3.05, 3.63) is 70.5 Å². The zero-order valence-corrected chi connectivity index (χ0v) is 17.6. The highest BCUT2D eigenvalue weighted by Crippen LogP contribution is 2.42. The summed E-state index contributed by atoms with van der Waals surface area (Å²) < 4.78 is 18.9. The average molecular weight is 439 g/mol. The van der Waals surface area contributed by atoms with Crippen molar-refractivity contribution in [1.82, 2.24) is 10.2 Å². The third kappa shape index (κ3) is 3.84. The lowest BCUT2D eigenvalue weighted by Gasteiger charge is -2.24. The van der Waals surface area contributed by atoms with Gasteiger partial charge in [-0.2, -0.15) is 0 Å². The Morgan fingerprint density at radius 3 is 2.35 bits per heavy atom. The van der Waals surface area contributed by atoms with Crippen LogP contribution in [0.2, 0.25) is 0 Å². The summed E-state index contributed by atoms with van der Waals surface area (Å²) in [5, 5.41) is 8.74. The van der Waals surface area contributed by atoms with Crippen molar-refractivity contribution in [3.8, 4) is 5.75 Å². The van der Waals surface area contributed by atoms with Gasteiger partial charge in [0.2, 0.25) is 10.9 Å². The van der Waals surface area contributed by atoms with Gasteiger partial charge < -0.3 is 4.74 Å².